The van der Waals surface area contributed by atoms with Gasteiger partial charge in [0.2, 0.25) is 0 Å². The normalized spacial score (nSPS) is 10.8. The lowest BCUT2D eigenvalue weighted by atomic mass is 10.1. The molecule has 0 fully saturated rings. The van der Waals surface area contributed by atoms with Gasteiger partial charge in [0.25, 0.3) is 0 Å². The van der Waals surface area contributed by atoms with Gasteiger partial charge in [0.15, 0.2) is 0 Å². The molecule has 0 unspecified atom stereocenters. The lowest BCUT2D eigenvalue weighted by molar-refractivity contribution is 1.32. The first-order chi connectivity index (χ1) is 6.70. The van der Waals surface area contributed by atoms with Crippen LogP contribution in [0.2, 0.25) is 5.15 Å². The molecule has 0 saturated heterocycles. The topological polar surface area (TPSA) is 12.9 Å². The van der Waals surface area contributed by atoms with Gasteiger partial charge in [-0.25, -0.2) is 4.98 Å². The molecule has 1 nitrogen and oxygen atoms in total. The SMILES string of the molecule is Cc1ccc2cc(CI)c(Cl)nc2c1. The molecule has 2 aromatic rings. The van der Waals surface area contributed by atoms with Gasteiger partial charge in [-0.2, -0.15) is 0 Å². The summed E-state index contributed by atoms with van der Waals surface area (Å²) in [7, 11) is 0. The number of nitrogens with zero attached hydrogens (tertiary/aromatic N) is 1. The molecule has 0 aliphatic heterocycles. The van der Waals surface area contributed by atoms with Gasteiger partial charge >= 0.3 is 0 Å². The van der Waals surface area contributed by atoms with Crippen LogP contribution >= 0.6 is 34.2 Å². The summed E-state index contributed by atoms with van der Waals surface area (Å²) in [5.74, 6) is 0. The van der Waals surface area contributed by atoms with Crippen molar-refractivity contribution in [1.29, 1.82) is 0 Å². The number of benzene rings is 1. The highest BCUT2D eigenvalue weighted by Gasteiger charge is 2.03. The van der Waals surface area contributed by atoms with Crippen molar-refractivity contribution >= 4 is 45.1 Å². The highest BCUT2D eigenvalue weighted by atomic mass is 127. The van der Waals surface area contributed by atoms with Gasteiger partial charge in [-0.3, -0.25) is 0 Å². The highest BCUT2D eigenvalue weighted by Crippen LogP contribution is 2.23. The number of aryl methyl sites for hydroxylation is 1. The number of halogens is 2. The molecule has 0 aliphatic rings. The highest BCUT2D eigenvalue weighted by molar-refractivity contribution is 14.1. The van der Waals surface area contributed by atoms with Gasteiger partial charge in [0.05, 0.1) is 5.52 Å². The summed E-state index contributed by atoms with van der Waals surface area (Å²) >= 11 is 8.33. The predicted molar refractivity (Wildman–Crippen MR) is 69.2 cm³/mol. The van der Waals surface area contributed by atoms with Gasteiger partial charge < -0.3 is 0 Å². The van der Waals surface area contributed by atoms with Crippen molar-refractivity contribution in [2.45, 2.75) is 11.4 Å². The van der Waals surface area contributed by atoms with E-state index in [1.165, 1.54) is 5.56 Å². The first-order valence-corrected chi connectivity index (χ1v) is 6.23. The number of pyridine rings is 1. The average molecular weight is 318 g/mol. The standard InChI is InChI=1S/C11H9ClIN/c1-7-2-3-8-5-9(6-13)11(12)14-10(8)4-7/h2-5H,6H2,1H3. The molecule has 0 atom stereocenters. The van der Waals surface area contributed by atoms with Crippen LogP contribution in [-0.4, -0.2) is 4.98 Å². The molecule has 1 aromatic carbocycles. The van der Waals surface area contributed by atoms with Crippen molar-refractivity contribution in [3.8, 4) is 0 Å². The van der Waals surface area contributed by atoms with E-state index in [1.807, 2.05) is 0 Å². The van der Waals surface area contributed by atoms with Gasteiger partial charge in [-0.1, -0.05) is 46.3 Å². The lowest BCUT2D eigenvalue weighted by Gasteiger charge is -2.03. The molecule has 1 aromatic heterocycles. The summed E-state index contributed by atoms with van der Waals surface area (Å²) in [4.78, 5) is 4.37. The number of fused-ring (bicyclic) bond motifs is 1. The van der Waals surface area contributed by atoms with Crippen LogP contribution in [0.3, 0.4) is 0 Å². The Hall–Kier alpha value is -0.350. The minimum absolute atomic E-state index is 0.623. The van der Waals surface area contributed by atoms with Gasteiger partial charge in [0, 0.05) is 9.81 Å². The van der Waals surface area contributed by atoms with Crippen molar-refractivity contribution in [3.63, 3.8) is 0 Å². The van der Waals surface area contributed by atoms with Crippen LogP contribution in [0.5, 0.6) is 0 Å². The lowest BCUT2D eigenvalue weighted by Crippen LogP contribution is -1.87. The van der Waals surface area contributed by atoms with E-state index in [0.717, 1.165) is 20.9 Å². The van der Waals surface area contributed by atoms with E-state index < -0.39 is 0 Å². The fourth-order valence-corrected chi connectivity index (χ4v) is 2.41. The first kappa shape index (κ1) is 10.2. The number of hydrogen-bond donors (Lipinski definition) is 0. The summed E-state index contributed by atoms with van der Waals surface area (Å²) in [6.45, 7) is 2.06. The molecular weight excluding hydrogens is 308 g/mol. The van der Waals surface area contributed by atoms with E-state index in [-0.39, 0.29) is 0 Å². The van der Waals surface area contributed by atoms with Crippen molar-refractivity contribution in [2.75, 3.05) is 0 Å². The molecule has 0 aliphatic carbocycles. The molecule has 2 rings (SSSR count). The Bertz CT molecular complexity index is 482. The smallest absolute Gasteiger partial charge is 0.133 e. The van der Waals surface area contributed by atoms with Gasteiger partial charge in [0.1, 0.15) is 5.15 Å². The summed E-state index contributed by atoms with van der Waals surface area (Å²) in [6.07, 6.45) is 0. The summed E-state index contributed by atoms with van der Waals surface area (Å²) in [5, 5.41) is 1.78. The molecule has 0 radical (unpaired) electrons. The van der Waals surface area contributed by atoms with Crippen LogP contribution in [-0.2, 0) is 4.43 Å². The van der Waals surface area contributed by atoms with E-state index >= 15 is 0 Å². The zero-order valence-electron chi connectivity index (χ0n) is 7.72. The van der Waals surface area contributed by atoms with Crippen LogP contribution in [0.25, 0.3) is 10.9 Å². The number of alkyl halides is 1. The van der Waals surface area contributed by atoms with Crippen LogP contribution in [0.15, 0.2) is 24.3 Å². The fraction of sp³-hybridized carbons (Fsp3) is 0.182. The van der Waals surface area contributed by atoms with E-state index in [9.17, 15) is 0 Å². The maximum atomic E-state index is 6.04. The molecule has 72 valence electrons. The molecule has 0 N–H and O–H groups in total. The minimum atomic E-state index is 0.623. The Morgan fingerprint density at radius 2 is 2.14 bits per heavy atom. The average Bonchev–Trinajstić information content (AvgIpc) is 2.16. The monoisotopic (exact) mass is 317 g/mol. The molecule has 3 heteroatoms. The zero-order valence-corrected chi connectivity index (χ0v) is 10.6. The summed E-state index contributed by atoms with van der Waals surface area (Å²) in [6, 6.07) is 8.34. The minimum Gasteiger partial charge on any atom is -0.236 e. The van der Waals surface area contributed by atoms with Crippen LogP contribution in [0, 0.1) is 6.92 Å². The summed E-state index contributed by atoms with van der Waals surface area (Å²) < 4.78 is 0.896. The van der Waals surface area contributed by atoms with E-state index in [1.54, 1.807) is 0 Å². The van der Waals surface area contributed by atoms with Gasteiger partial charge in [-0.05, 0) is 30.2 Å². The molecule has 0 amide bonds. The van der Waals surface area contributed by atoms with Gasteiger partial charge in [-0.15, -0.1) is 0 Å². The molecule has 0 bridgehead atoms. The van der Waals surface area contributed by atoms with Crippen LogP contribution < -0.4 is 0 Å². The Kier molecular flexibility index (Phi) is 2.93. The zero-order chi connectivity index (χ0) is 10.1. The predicted octanol–water partition coefficient (Wildman–Crippen LogP) is 4.13. The van der Waals surface area contributed by atoms with E-state index in [0.29, 0.717) is 5.15 Å². The summed E-state index contributed by atoms with van der Waals surface area (Å²) in [5.41, 5.74) is 3.29. The van der Waals surface area contributed by atoms with Crippen molar-refractivity contribution in [2.24, 2.45) is 0 Å². The Morgan fingerprint density at radius 1 is 1.36 bits per heavy atom. The second-order valence-corrected chi connectivity index (χ2v) is 4.39. The third kappa shape index (κ3) is 1.86. The number of hydrogen-bond acceptors (Lipinski definition) is 1. The first-order valence-electron chi connectivity index (χ1n) is 4.32. The third-order valence-electron chi connectivity index (χ3n) is 2.14. The van der Waals surface area contributed by atoms with Crippen molar-refractivity contribution < 1.29 is 0 Å². The van der Waals surface area contributed by atoms with Crippen molar-refractivity contribution in [3.05, 3.63) is 40.5 Å². The second kappa shape index (κ2) is 4.03. The van der Waals surface area contributed by atoms with E-state index in [2.05, 4.69) is 58.8 Å². The maximum Gasteiger partial charge on any atom is 0.133 e. The van der Waals surface area contributed by atoms with Crippen molar-refractivity contribution in [1.82, 2.24) is 4.98 Å². The number of aromatic nitrogens is 1. The fourth-order valence-electron chi connectivity index (χ4n) is 1.39. The molecule has 1 heterocycles. The Labute approximate surface area is 102 Å². The Balaban J connectivity index is 2.73. The Morgan fingerprint density at radius 3 is 2.86 bits per heavy atom. The molecule has 0 spiro atoms. The molecular formula is C11H9ClIN. The van der Waals surface area contributed by atoms with Crippen LogP contribution in [0.4, 0.5) is 0 Å². The number of rotatable bonds is 1. The largest absolute Gasteiger partial charge is 0.236 e. The molecule has 14 heavy (non-hydrogen) atoms. The molecule has 0 saturated carbocycles. The third-order valence-corrected chi connectivity index (χ3v) is 3.29. The maximum absolute atomic E-state index is 6.04. The quantitative estimate of drug-likeness (QED) is 0.438. The van der Waals surface area contributed by atoms with Crippen LogP contribution in [0.1, 0.15) is 11.1 Å². The van der Waals surface area contributed by atoms with E-state index in [4.69, 9.17) is 11.6 Å². The second-order valence-electron chi connectivity index (χ2n) is 3.27.